The number of hydrogen-bond donors (Lipinski definition) is 3. The molecule has 2 heterocycles. The van der Waals surface area contributed by atoms with Crippen LogP contribution in [0.5, 0.6) is 17.2 Å². The molecule has 0 aliphatic rings. The van der Waals surface area contributed by atoms with Gasteiger partial charge in [-0.15, -0.1) is 0 Å². The van der Waals surface area contributed by atoms with E-state index in [9.17, 15) is 5.11 Å². The van der Waals surface area contributed by atoms with Crippen LogP contribution in [0, 0.1) is 0 Å². The summed E-state index contributed by atoms with van der Waals surface area (Å²) < 4.78 is 10.3. The molecule has 0 atom stereocenters. The third-order valence-corrected chi connectivity index (χ3v) is 4.21. The number of hydrogen-bond acceptors (Lipinski definition) is 6. The van der Waals surface area contributed by atoms with Crippen molar-refractivity contribution in [3.63, 3.8) is 0 Å². The van der Waals surface area contributed by atoms with Gasteiger partial charge in [-0.1, -0.05) is 0 Å². The Morgan fingerprint density at radius 1 is 1.00 bits per heavy atom. The molecule has 0 radical (unpaired) electrons. The molecule has 2 aromatic heterocycles. The Labute approximate surface area is 155 Å². The Morgan fingerprint density at radius 2 is 1.81 bits per heavy atom. The first-order valence-electron chi connectivity index (χ1n) is 8.31. The maximum absolute atomic E-state index is 9.96. The Balaban J connectivity index is 1.69. The number of pyridine rings is 1. The molecule has 0 spiro atoms. The fourth-order valence-electron chi connectivity index (χ4n) is 2.82. The van der Waals surface area contributed by atoms with Crippen LogP contribution in [0.3, 0.4) is 0 Å². The molecule has 4 aromatic rings. The predicted octanol–water partition coefficient (Wildman–Crippen LogP) is 4.09. The van der Waals surface area contributed by atoms with Gasteiger partial charge in [0.25, 0.3) is 0 Å². The largest absolute Gasteiger partial charge is 0.504 e. The van der Waals surface area contributed by atoms with E-state index in [0.717, 1.165) is 22.7 Å². The van der Waals surface area contributed by atoms with Crippen LogP contribution >= 0.6 is 0 Å². The van der Waals surface area contributed by atoms with Crippen LogP contribution in [0.2, 0.25) is 0 Å². The summed E-state index contributed by atoms with van der Waals surface area (Å²) in [7, 11) is 3.14. The second-order valence-corrected chi connectivity index (χ2v) is 5.88. The van der Waals surface area contributed by atoms with Gasteiger partial charge in [-0.25, -0.2) is 9.97 Å². The molecular weight excluding hydrogens is 344 g/mol. The zero-order valence-corrected chi connectivity index (χ0v) is 14.9. The third-order valence-electron chi connectivity index (χ3n) is 4.21. The quantitative estimate of drug-likeness (QED) is 0.495. The summed E-state index contributed by atoms with van der Waals surface area (Å²) in [4.78, 5) is 12.4. The van der Waals surface area contributed by atoms with Gasteiger partial charge in [0, 0.05) is 23.5 Å². The molecule has 0 bridgehead atoms. The topological polar surface area (TPSA) is 92.3 Å². The number of ether oxygens (including phenoxy) is 2. The molecule has 0 aliphatic heterocycles. The summed E-state index contributed by atoms with van der Waals surface area (Å²) in [5.41, 5.74) is 3.19. The minimum absolute atomic E-state index is 0.0515. The molecule has 7 nitrogen and oxygen atoms in total. The number of methoxy groups -OCH3 is 2. The molecule has 0 saturated heterocycles. The second kappa shape index (κ2) is 6.87. The fourth-order valence-corrected chi connectivity index (χ4v) is 2.82. The van der Waals surface area contributed by atoms with Crippen molar-refractivity contribution in [2.75, 3.05) is 19.5 Å². The Kier molecular flexibility index (Phi) is 4.25. The maximum Gasteiger partial charge on any atom is 0.160 e. The average Bonchev–Trinajstić information content (AvgIpc) is 3.14. The summed E-state index contributed by atoms with van der Waals surface area (Å²) >= 11 is 0. The van der Waals surface area contributed by atoms with E-state index in [4.69, 9.17) is 9.47 Å². The first kappa shape index (κ1) is 16.7. The summed E-state index contributed by atoms with van der Waals surface area (Å²) in [6, 6.07) is 14.6. The SMILES string of the molecule is COc1ccc(-c2nc3c(Nc4ccc(OC)c(O)c4)nccc3[nH]2)cc1. The standard InChI is InChI=1S/C20H18N4O3/c1-26-14-6-3-12(4-7-14)19-23-15-9-10-21-20(18(15)24-19)22-13-5-8-17(27-2)16(25)11-13/h3-11,25H,1-2H3,(H,21,22)(H,23,24). The number of fused-ring (bicyclic) bond motifs is 1. The highest BCUT2D eigenvalue weighted by Crippen LogP contribution is 2.31. The summed E-state index contributed by atoms with van der Waals surface area (Å²) in [6.45, 7) is 0. The minimum atomic E-state index is 0.0515. The number of nitrogens with one attached hydrogen (secondary N) is 2. The van der Waals surface area contributed by atoms with E-state index in [1.807, 2.05) is 30.3 Å². The monoisotopic (exact) mass is 362 g/mol. The molecular formula is C20H18N4O3. The number of H-pyrrole nitrogens is 1. The van der Waals surface area contributed by atoms with Gasteiger partial charge in [0.05, 0.1) is 19.7 Å². The van der Waals surface area contributed by atoms with E-state index in [0.29, 0.717) is 22.8 Å². The van der Waals surface area contributed by atoms with Crippen LogP contribution in [0.15, 0.2) is 54.7 Å². The lowest BCUT2D eigenvalue weighted by atomic mass is 10.2. The number of phenols is 1. The molecule has 7 heteroatoms. The van der Waals surface area contributed by atoms with Crippen LogP contribution in [0.1, 0.15) is 0 Å². The minimum Gasteiger partial charge on any atom is -0.504 e. The maximum atomic E-state index is 9.96. The Hall–Kier alpha value is -3.74. The number of aromatic amines is 1. The van der Waals surface area contributed by atoms with Crippen LogP contribution < -0.4 is 14.8 Å². The van der Waals surface area contributed by atoms with Crippen molar-refractivity contribution in [2.24, 2.45) is 0 Å². The summed E-state index contributed by atoms with van der Waals surface area (Å²) in [6.07, 6.45) is 1.70. The molecule has 0 saturated carbocycles. The lowest BCUT2D eigenvalue weighted by molar-refractivity contribution is 0.373. The molecule has 0 aliphatic carbocycles. The third kappa shape index (κ3) is 3.22. The van der Waals surface area contributed by atoms with Crippen LogP contribution in [-0.2, 0) is 0 Å². The van der Waals surface area contributed by atoms with Crippen LogP contribution in [0.25, 0.3) is 22.4 Å². The smallest absolute Gasteiger partial charge is 0.160 e. The zero-order chi connectivity index (χ0) is 18.8. The number of benzene rings is 2. The Bertz CT molecular complexity index is 1090. The van der Waals surface area contributed by atoms with Crippen molar-refractivity contribution < 1.29 is 14.6 Å². The van der Waals surface area contributed by atoms with E-state index in [-0.39, 0.29) is 5.75 Å². The molecule has 27 heavy (non-hydrogen) atoms. The number of anilines is 2. The normalized spacial score (nSPS) is 10.7. The first-order valence-corrected chi connectivity index (χ1v) is 8.31. The van der Waals surface area contributed by atoms with E-state index in [1.54, 1.807) is 31.5 Å². The molecule has 4 rings (SSSR count). The average molecular weight is 362 g/mol. The summed E-state index contributed by atoms with van der Waals surface area (Å²) in [5, 5.41) is 13.2. The van der Waals surface area contributed by atoms with Gasteiger partial charge in [0.2, 0.25) is 0 Å². The van der Waals surface area contributed by atoms with Gasteiger partial charge in [-0.3, -0.25) is 0 Å². The molecule has 0 amide bonds. The highest BCUT2D eigenvalue weighted by molar-refractivity contribution is 5.90. The molecule has 0 unspecified atom stereocenters. The number of imidazole rings is 1. The lowest BCUT2D eigenvalue weighted by Crippen LogP contribution is -1.95. The Morgan fingerprint density at radius 3 is 2.52 bits per heavy atom. The predicted molar refractivity (Wildman–Crippen MR) is 104 cm³/mol. The number of phenolic OH excluding ortho intramolecular Hbond substituents is 1. The van der Waals surface area contributed by atoms with Crippen molar-refractivity contribution in [3.05, 3.63) is 54.7 Å². The van der Waals surface area contributed by atoms with Crippen molar-refractivity contribution in [1.82, 2.24) is 15.0 Å². The van der Waals surface area contributed by atoms with Gasteiger partial charge < -0.3 is 24.9 Å². The fraction of sp³-hybridized carbons (Fsp3) is 0.100. The summed E-state index contributed by atoms with van der Waals surface area (Å²) in [5.74, 6) is 2.58. The number of aromatic hydroxyl groups is 1. The number of nitrogens with zero attached hydrogens (tertiary/aromatic N) is 2. The van der Waals surface area contributed by atoms with Gasteiger partial charge in [0.15, 0.2) is 17.3 Å². The van der Waals surface area contributed by atoms with E-state index in [2.05, 4.69) is 20.3 Å². The highest BCUT2D eigenvalue weighted by Gasteiger charge is 2.11. The van der Waals surface area contributed by atoms with Gasteiger partial charge in [-0.2, -0.15) is 0 Å². The van der Waals surface area contributed by atoms with Crippen molar-refractivity contribution in [1.29, 1.82) is 0 Å². The molecule has 2 aromatic carbocycles. The van der Waals surface area contributed by atoms with Gasteiger partial charge in [-0.05, 0) is 42.5 Å². The first-order chi connectivity index (χ1) is 13.2. The van der Waals surface area contributed by atoms with E-state index in [1.165, 1.54) is 7.11 Å². The van der Waals surface area contributed by atoms with Crippen LogP contribution in [0.4, 0.5) is 11.5 Å². The van der Waals surface area contributed by atoms with Gasteiger partial charge in [0.1, 0.15) is 17.1 Å². The van der Waals surface area contributed by atoms with Gasteiger partial charge >= 0.3 is 0 Å². The lowest BCUT2D eigenvalue weighted by Gasteiger charge is -2.08. The second-order valence-electron chi connectivity index (χ2n) is 5.88. The van der Waals surface area contributed by atoms with Crippen molar-refractivity contribution >= 4 is 22.5 Å². The molecule has 136 valence electrons. The van der Waals surface area contributed by atoms with E-state index < -0.39 is 0 Å². The number of rotatable bonds is 5. The van der Waals surface area contributed by atoms with Crippen LogP contribution in [-0.4, -0.2) is 34.3 Å². The highest BCUT2D eigenvalue weighted by atomic mass is 16.5. The number of aromatic nitrogens is 3. The zero-order valence-electron chi connectivity index (χ0n) is 14.9. The molecule has 3 N–H and O–H groups in total. The van der Waals surface area contributed by atoms with Crippen molar-refractivity contribution in [2.45, 2.75) is 0 Å². The molecule has 0 fully saturated rings. The van der Waals surface area contributed by atoms with E-state index >= 15 is 0 Å². The van der Waals surface area contributed by atoms with Crippen molar-refractivity contribution in [3.8, 4) is 28.6 Å².